The van der Waals surface area contributed by atoms with Crippen molar-refractivity contribution in [1.82, 2.24) is 9.97 Å². The van der Waals surface area contributed by atoms with Gasteiger partial charge in [0.1, 0.15) is 11.3 Å². The molecule has 0 radical (unpaired) electrons. The molecule has 0 fully saturated rings. The maximum atomic E-state index is 14.2. The second-order valence-electron chi connectivity index (χ2n) is 8.31. The van der Waals surface area contributed by atoms with E-state index in [0.717, 1.165) is 28.5 Å². The lowest BCUT2D eigenvalue weighted by Gasteiger charge is -2.22. The molecule has 2 aromatic heterocycles. The van der Waals surface area contributed by atoms with Crippen LogP contribution in [-0.4, -0.2) is 15.9 Å². The first kappa shape index (κ1) is 21.1. The maximum absolute atomic E-state index is 14.2. The fraction of sp³-hybridized carbons (Fsp3) is 0.208. The Kier molecular flexibility index (Phi) is 5.54. The SMILES string of the molecule is CC(C)(C)c1ccc(C(=O)N(Cc2cccnc2)c2nc3c(F)cc(F)cc3s2)cc1. The van der Waals surface area contributed by atoms with Gasteiger partial charge in [-0.25, -0.2) is 13.8 Å². The zero-order chi connectivity index (χ0) is 22.2. The first-order valence-corrected chi connectivity index (χ1v) is 10.6. The Labute approximate surface area is 183 Å². The first-order chi connectivity index (χ1) is 14.7. The third-order valence-corrected chi connectivity index (χ3v) is 5.96. The van der Waals surface area contributed by atoms with E-state index in [1.54, 1.807) is 30.6 Å². The summed E-state index contributed by atoms with van der Waals surface area (Å²) < 4.78 is 28.2. The van der Waals surface area contributed by atoms with Crippen molar-refractivity contribution in [2.75, 3.05) is 4.90 Å². The Balaban J connectivity index is 1.76. The van der Waals surface area contributed by atoms with Crippen LogP contribution in [-0.2, 0) is 12.0 Å². The van der Waals surface area contributed by atoms with Crippen molar-refractivity contribution in [3.8, 4) is 0 Å². The summed E-state index contributed by atoms with van der Waals surface area (Å²) in [6.45, 7) is 6.52. The Morgan fingerprint density at radius 1 is 1.10 bits per heavy atom. The van der Waals surface area contributed by atoms with Crippen molar-refractivity contribution in [2.45, 2.75) is 32.7 Å². The van der Waals surface area contributed by atoms with Gasteiger partial charge in [0.15, 0.2) is 10.9 Å². The zero-order valence-electron chi connectivity index (χ0n) is 17.4. The summed E-state index contributed by atoms with van der Waals surface area (Å²) in [5.74, 6) is -1.70. The smallest absolute Gasteiger partial charge is 0.260 e. The van der Waals surface area contributed by atoms with E-state index in [4.69, 9.17) is 0 Å². The molecule has 4 aromatic rings. The number of carbonyl (C=O) groups is 1. The quantitative estimate of drug-likeness (QED) is 0.387. The lowest BCUT2D eigenvalue weighted by molar-refractivity contribution is 0.0985. The molecular formula is C24H21F2N3OS. The van der Waals surface area contributed by atoms with Gasteiger partial charge in [-0.15, -0.1) is 0 Å². The van der Waals surface area contributed by atoms with Crippen LogP contribution in [0.4, 0.5) is 13.9 Å². The van der Waals surface area contributed by atoms with E-state index in [-0.39, 0.29) is 23.4 Å². The molecule has 0 aliphatic rings. The van der Waals surface area contributed by atoms with E-state index in [2.05, 4.69) is 30.7 Å². The van der Waals surface area contributed by atoms with Gasteiger partial charge in [0, 0.05) is 24.0 Å². The normalized spacial score (nSPS) is 11.6. The predicted octanol–water partition coefficient (Wildman–Crippen LogP) is 6.11. The van der Waals surface area contributed by atoms with Gasteiger partial charge in [-0.05, 0) is 40.8 Å². The Morgan fingerprint density at radius 2 is 1.84 bits per heavy atom. The van der Waals surface area contributed by atoms with Crippen LogP contribution in [0.15, 0.2) is 60.9 Å². The van der Waals surface area contributed by atoms with Gasteiger partial charge in [-0.3, -0.25) is 14.7 Å². The number of carbonyl (C=O) groups excluding carboxylic acids is 1. The van der Waals surface area contributed by atoms with Gasteiger partial charge in [-0.2, -0.15) is 0 Å². The molecule has 0 bridgehead atoms. The molecule has 2 aromatic carbocycles. The van der Waals surface area contributed by atoms with Crippen molar-refractivity contribution in [2.24, 2.45) is 0 Å². The van der Waals surface area contributed by atoms with Gasteiger partial charge >= 0.3 is 0 Å². The van der Waals surface area contributed by atoms with Crippen molar-refractivity contribution in [1.29, 1.82) is 0 Å². The van der Waals surface area contributed by atoms with Crippen LogP contribution >= 0.6 is 11.3 Å². The molecule has 0 unspecified atom stereocenters. The van der Waals surface area contributed by atoms with Crippen LogP contribution in [0.2, 0.25) is 0 Å². The number of nitrogens with zero attached hydrogens (tertiary/aromatic N) is 3. The van der Waals surface area contributed by atoms with Gasteiger partial charge in [0.05, 0.1) is 11.2 Å². The van der Waals surface area contributed by atoms with Crippen LogP contribution in [0, 0.1) is 11.6 Å². The van der Waals surface area contributed by atoms with E-state index in [1.165, 1.54) is 11.0 Å². The number of benzene rings is 2. The fourth-order valence-corrected chi connectivity index (χ4v) is 4.23. The summed E-state index contributed by atoms with van der Waals surface area (Å²) in [6, 6.07) is 13.1. The molecule has 31 heavy (non-hydrogen) atoms. The molecule has 0 N–H and O–H groups in total. The van der Waals surface area contributed by atoms with E-state index in [0.29, 0.717) is 15.4 Å². The van der Waals surface area contributed by atoms with Gasteiger partial charge < -0.3 is 0 Å². The predicted molar refractivity (Wildman–Crippen MR) is 119 cm³/mol. The zero-order valence-corrected chi connectivity index (χ0v) is 18.2. The third kappa shape index (κ3) is 4.46. The van der Waals surface area contributed by atoms with E-state index in [9.17, 15) is 13.6 Å². The summed E-state index contributed by atoms with van der Waals surface area (Å²) in [4.78, 5) is 23.3. The second kappa shape index (κ2) is 8.15. The molecule has 0 aliphatic heterocycles. The molecule has 0 atom stereocenters. The van der Waals surface area contributed by atoms with Crippen molar-refractivity contribution in [3.05, 3.63) is 89.2 Å². The molecule has 0 aliphatic carbocycles. The van der Waals surface area contributed by atoms with Crippen LogP contribution in [0.1, 0.15) is 42.3 Å². The highest BCUT2D eigenvalue weighted by Crippen LogP contribution is 2.33. The monoisotopic (exact) mass is 437 g/mol. The minimum Gasteiger partial charge on any atom is -0.279 e. The number of hydrogen-bond donors (Lipinski definition) is 0. The number of pyridine rings is 1. The van der Waals surface area contributed by atoms with Gasteiger partial charge in [0.2, 0.25) is 0 Å². The summed E-state index contributed by atoms with van der Waals surface area (Å²) in [6.07, 6.45) is 3.31. The molecule has 2 heterocycles. The van der Waals surface area contributed by atoms with E-state index >= 15 is 0 Å². The number of rotatable bonds is 4. The first-order valence-electron chi connectivity index (χ1n) is 9.79. The van der Waals surface area contributed by atoms with Crippen LogP contribution in [0.3, 0.4) is 0 Å². The number of amides is 1. The molecule has 0 saturated carbocycles. The Morgan fingerprint density at radius 3 is 2.48 bits per heavy atom. The number of aromatic nitrogens is 2. The van der Waals surface area contributed by atoms with Crippen LogP contribution in [0.25, 0.3) is 10.2 Å². The summed E-state index contributed by atoms with van der Waals surface area (Å²) in [5, 5.41) is 0.299. The van der Waals surface area contributed by atoms with Gasteiger partial charge in [0.25, 0.3) is 5.91 Å². The highest BCUT2D eigenvalue weighted by Gasteiger charge is 2.24. The second-order valence-corrected chi connectivity index (χ2v) is 9.32. The minimum atomic E-state index is -0.749. The molecule has 4 rings (SSSR count). The van der Waals surface area contributed by atoms with Crippen LogP contribution in [0.5, 0.6) is 0 Å². The summed E-state index contributed by atoms with van der Waals surface area (Å²) in [7, 11) is 0. The Hall–Kier alpha value is -3.19. The van der Waals surface area contributed by atoms with Crippen molar-refractivity contribution >= 4 is 32.6 Å². The summed E-state index contributed by atoms with van der Waals surface area (Å²) >= 11 is 1.08. The number of halogens is 2. The molecular weight excluding hydrogens is 416 g/mol. The van der Waals surface area contributed by atoms with E-state index < -0.39 is 11.6 Å². The lowest BCUT2D eigenvalue weighted by atomic mass is 9.86. The van der Waals surface area contributed by atoms with Crippen molar-refractivity contribution < 1.29 is 13.6 Å². The maximum Gasteiger partial charge on any atom is 0.260 e. The number of thiazole rings is 1. The minimum absolute atomic E-state index is 0.0361. The van der Waals surface area contributed by atoms with Gasteiger partial charge in [-0.1, -0.05) is 50.3 Å². The molecule has 158 valence electrons. The lowest BCUT2D eigenvalue weighted by Crippen LogP contribution is -2.30. The largest absolute Gasteiger partial charge is 0.279 e. The van der Waals surface area contributed by atoms with Crippen LogP contribution < -0.4 is 4.90 Å². The molecule has 0 spiro atoms. The van der Waals surface area contributed by atoms with E-state index in [1.807, 2.05) is 18.2 Å². The third-order valence-electron chi connectivity index (χ3n) is 4.94. The molecule has 4 nitrogen and oxygen atoms in total. The average molecular weight is 438 g/mol. The average Bonchev–Trinajstić information content (AvgIpc) is 3.16. The summed E-state index contributed by atoms with van der Waals surface area (Å²) in [5.41, 5.74) is 2.41. The highest BCUT2D eigenvalue weighted by molar-refractivity contribution is 7.22. The molecule has 0 saturated heterocycles. The molecule has 1 amide bonds. The van der Waals surface area contributed by atoms with Crippen molar-refractivity contribution in [3.63, 3.8) is 0 Å². The highest BCUT2D eigenvalue weighted by atomic mass is 32.1. The fourth-order valence-electron chi connectivity index (χ4n) is 3.23. The molecule has 7 heteroatoms. The number of fused-ring (bicyclic) bond motifs is 1. The topological polar surface area (TPSA) is 46.1 Å². The number of hydrogen-bond acceptors (Lipinski definition) is 4. The number of anilines is 1. The Bertz CT molecular complexity index is 1230. The standard InChI is InChI=1S/C24H21F2N3OS/c1-24(2,3)17-8-6-16(7-9-17)22(30)29(14-15-5-4-10-27-13-15)23-28-21-19(26)11-18(25)12-20(21)31-23/h4-13H,14H2,1-3H3.